The number of benzene rings is 1. The lowest BCUT2D eigenvalue weighted by atomic mass is 10.2. The molecule has 1 aromatic rings. The quantitative estimate of drug-likeness (QED) is 0.460. The van der Waals surface area contributed by atoms with Crippen molar-refractivity contribution in [2.75, 3.05) is 18.1 Å². The number of carbonyl (C=O) groups excluding carboxylic acids is 3. The summed E-state index contributed by atoms with van der Waals surface area (Å²) in [5.74, 6) is -0.558. The number of hydrazine groups is 1. The molecule has 0 bridgehead atoms. The molecule has 1 atom stereocenters. The van der Waals surface area contributed by atoms with Gasteiger partial charge in [-0.25, -0.2) is 10.3 Å². The van der Waals surface area contributed by atoms with E-state index in [1.807, 2.05) is 6.92 Å². The molecule has 1 aliphatic rings. The van der Waals surface area contributed by atoms with Crippen LogP contribution in [0.4, 0.5) is 5.69 Å². The van der Waals surface area contributed by atoms with Gasteiger partial charge >= 0.3 is 0 Å². The van der Waals surface area contributed by atoms with Crippen LogP contribution in [-0.2, 0) is 14.4 Å². The third kappa shape index (κ3) is 4.30. The number of anilines is 1. The molecule has 1 heterocycles. The van der Waals surface area contributed by atoms with Crippen LogP contribution in [-0.4, -0.2) is 42.1 Å². The summed E-state index contributed by atoms with van der Waals surface area (Å²) in [6.07, 6.45) is 0.428. The highest BCUT2D eigenvalue weighted by molar-refractivity contribution is 6.22. The number of imide groups is 1. The second kappa shape index (κ2) is 8.42. The molecule has 24 heavy (non-hydrogen) atoms. The number of aliphatic hydroxyl groups excluding tert-OH is 1. The van der Waals surface area contributed by atoms with Crippen LogP contribution in [0.25, 0.3) is 0 Å². The molecule has 8 heteroatoms. The maximum atomic E-state index is 12.4. The van der Waals surface area contributed by atoms with Crippen molar-refractivity contribution in [3.63, 3.8) is 0 Å². The van der Waals surface area contributed by atoms with Gasteiger partial charge in [-0.2, -0.15) is 0 Å². The molecule has 1 aliphatic heterocycles. The molecule has 0 aromatic heterocycles. The van der Waals surface area contributed by atoms with Crippen molar-refractivity contribution >= 4 is 23.4 Å². The third-order valence-corrected chi connectivity index (χ3v) is 3.48. The van der Waals surface area contributed by atoms with E-state index in [0.717, 1.165) is 4.90 Å². The molecule has 0 aliphatic carbocycles. The molecule has 1 fully saturated rings. The molecule has 1 aromatic carbocycles. The van der Waals surface area contributed by atoms with Crippen molar-refractivity contribution in [2.45, 2.75) is 32.2 Å². The van der Waals surface area contributed by atoms with E-state index in [4.69, 9.17) is 9.84 Å². The summed E-state index contributed by atoms with van der Waals surface area (Å²) in [5.41, 5.74) is 5.41. The second-order valence-corrected chi connectivity index (χ2v) is 5.27. The highest BCUT2D eigenvalue weighted by Gasteiger charge is 2.39. The van der Waals surface area contributed by atoms with E-state index in [1.54, 1.807) is 24.3 Å². The predicted octanol–water partition coefficient (Wildman–Crippen LogP) is 0.110. The molecule has 3 N–H and O–H groups in total. The van der Waals surface area contributed by atoms with Crippen LogP contribution < -0.4 is 20.5 Å². The minimum absolute atomic E-state index is 0.0437. The molecule has 0 radical (unpaired) electrons. The van der Waals surface area contributed by atoms with Crippen molar-refractivity contribution in [3.8, 4) is 5.75 Å². The number of hydrogen-bond donors (Lipinski definition) is 3. The molecule has 0 unspecified atom stereocenters. The number of carbonyl (C=O) groups is 3. The molecule has 3 amide bonds. The van der Waals surface area contributed by atoms with Gasteiger partial charge in [-0.1, -0.05) is 6.07 Å². The van der Waals surface area contributed by atoms with Gasteiger partial charge < -0.3 is 9.84 Å². The van der Waals surface area contributed by atoms with Crippen LogP contribution >= 0.6 is 0 Å². The first-order valence-electron chi connectivity index (χ1n) is 7.81. The smallest absolute Gasteiger partial charge is 0.253 e. The van der Waals surface area contributed by atoms with Gasteiger partial charge in [0.2, 0.25) is 11.8 Å². The SMILES string of the molecule is CCOc1cccc(N2C(=O)C[C@H](NNC(=O)CCCO)C2=O)c1. The summed E-state index contributed by atoms with van der Waals surface area (Å²) in [6, 6.07) is 5.92. The molecule has 0 spiro atoms. The van der Waals surface area contributed by atoms with Crippen LogP contribution in [0.5, 0.6) is 5.75 Å². The Kier molecular flexibility index (Phi) is 6.28. The first-order valence-corrected chi connectivity index (χ1v) is 7.81. The normalized spacial score (nSPS) is 17.2. The predicted molar refractivity (Wildman–Crippen MR) is 86.1 cm³/mol. The zero-order valence-electron chi connectivity index (χ0n) is 13.4. The lowest BCUT2D eigenvalue weighted by Gasteiger charge is -2.16. The van der Waals surface area contributed by atoms with Crippen LogP contribution in [0.3, 0.4) is 0 Å². The Morgan fingerprint density at radius 1 is 1.42 bits per heavy atom. The van der Waals surface area contributed by atoms with Crippen molar-refractivity contribution in [1.82, 2.24) is 10.9 Å². The summed E-state index contributed by atoms with van der Waals surface area (Å²) in [7, 11) is 0. The highest BCUT2D eigenvalue weighted by Crippen LogP contribution is 2.26. The Morgan fingerprint density at radius 3 is 2.92 bits per heavy atom. The fraction of sp³-hybridized carbons (Fsp3) is 0.438. The fourth-order valence-corrected chi connectivity index (χ4v) is 2.36. The lowest BCUT2D eigenvalue weighted by molar-refractivity contribution is -0.123. The standard InChI is InChI=1S/C16H21N3O5/c1-2-24-12-6-3-5-11(9-12)19-15(22)10-13(16(19)23)17-18-14(21)7-4-8-20/h3,5-6,9,13,17,20H,2,4,7-8,10H2,1H3,(H,18,21)/t13-/m0/s1. The van der Waals surface area contributed by atoms with Gasteiger partial charge in [0.15, 0.2) is 0 Å². The number of hydrogen-bond acceptors (Lipinski definition) is 6. The van der Waals surface area contributed by atoms with E-state index in [9.17, 15) is 14.4 Å². The van der Waals surface area contributed by atoms with Crippen LogP contribution in [0.1, 0.15) is 26.2 Å². The van der Waals surface area contributed by atoms with Crippen LogP contribution in [0.15, 0.2) is 24.3 Å². The molecule has 130 valence electrons. The van der Waals surface area contributed by atoms with E-state index in [2.05, 4.69) is 10.9 Å². The maximum Gasteiger partial charge on any atom is 0.253 e. The number of aliphatic hydroxyl groups is 1. The van der Waals surface area contributed by atoms with Crippen LogP contribution in [0, 0.1) is 0 Å². The first-order chi connectivity index (χ1) is 11.6. The number of rotatable bonds is 8. The van der Waals surface area contributed by atoms with Gasteiger partial charge in [0.05, 0.1) is 18.7 Å². The minimum atomic E-state index is -0.814. The number of amides is 3. The number of nitrogens with zero attached hydrogens (tertiary/aromatic N) is 1. The first kappa shape index (κ1) is 17.9. The van der Waals surface area contributed by atoms with Crippen molar-refractivity contribution in [2.24, 2.45) is 0 Å². The number of ether oxygens (including phenoxy) is 1. The Labute approximate surface area is 139 Å². The van der Waals surface area contributed by atoms with Crippen LogP contribution in [0.2, 0.25) is 0 Å². The fourth-order valence-electron chi connectivity index (χ4n) is 2.36. The van der Waals surface area contributed by atoms with Crippen molar-refractivity contribution < 1.29 is 24.2 Å². The van der Waals surface area contributed by atoms with E-state index in [-0.39, 0.29) is 31.3 Å². The molecular formula is C16H21N3O5. The van der Waals surface area contributed by atoms with Gasteiger partial charge in [0.25, 0.3) is 5.91 Å². The summed E-state index contributed by atoms with van der Waals surface area (Å²) in [4.78, 5) is 37.2. The van der Waals surface area contributed by atoms with Gasteiger partial charge in [-0.05, 0) is 25.5 Å². The Hall–Kier alpha value is -2.45. The summed E-state index contributed by atoms with van der Waals surface area (Å²) in [5, 5.41) is 8.68. The van der Waals surface area contributed by atoms with E-state index < -0.39 is 11.9 Å². The Balaban J connectivity index is 2.01. The minimum Gasteiger partial charge on any atom is -0.494 e. The zero-order valence-corrected chi connectivity index (χ0v) is 13.4. The maximum absolute atomic E-state index is 12.4. The lowest BCUT2D eigenvalue weighted by Crippen LogP contribution is -2.48. The van der Waals surface area contributed by atoms with Crippen molar-refractivity contribution in [1.29, 1.82) is 0 Å². The molecule has 2 rings (SSSR count). The second-order valence-electron chi connectivity index (χ2n) is 5.27. The van der Waals surface area contributed by atoms with E-state index >= 15 is 0 Å². The average molecular weight is 335 g/mol. The third-order valence-electron chi connectivity index (χ3n) is 3.48. The highest BCUT2D eigenvalue weighted by atomic mass is 16.5. The van der Waals surface area contributed by atoms with Gasteiger partial charge in [0.1, 0.15) is 11.8 Å². The van der Waals surface area contributed by atoms with E-state index in [1.165, 1.54) is 0 Å². The topological polar surface area (TPSA) is 108 Å². The van der Waals surface area contributed by atoms with Gasteiger partial charge in [-0.3, -0.25) is 19.8 Å². The monoisotopic (exact) mass is 335 g/mol. The molecular weight excluding hydrogens is 314 g/mol. The van der Waals surface area contributed by atoms with Gasteiger partial charge in [0, 0.05) is 19.1 Å². The average Bonchev–Trinajstić information content (AvgIpc) is 2.85. The Morgan fingerprint density at radius 2 is 2.21 bits per heavy atom. The van der Waals surface area contributed by atoms with Gasteiger partial charge in [-0.15, -0.1) is 0 Å². The Bertz CT molecular complexity index is 619. The molecule has 8 nitrogen and oxygen atoms in total. The zero-order chi connectivity index (χ0) is 17.5. The molecule has 1 saturated heterocycles. The number of nitrogens with one attached hydrogen (secondary N) is 2. The summed E-state index contributed by atoms with van der Waals surface area (Å²) in [6.45, 7) is 2.24. The molecule has 0 saturated carbocycles. The summed E-state index contributed by atoms with van der Waals surface area (Å²) < 4.78 is 5.38. The van der Waals surface area contributed by atoms with Crippen molar-refractivity contribution in [3.05, 3.63) is 24.3 Å². The summed E-state index contributed by atoms with van der Waals surface area (Å²) >= 11 is 0. The largest absolute Gasteiger partial charge is 0.494 e. The van der Waals surface area contributed by atoms with E-state index in [0.29, 0.717) is 24.5 Å².